The minimum Gasteiger partial charge on any atom is -0.481 e. The van der Waals surface area contributed by atoms with Crippen molar-refractivity contribution in [2.24, 2.45) is 0 Å². The maximum atomic E-state index is 12.4. The predicted octanol–water partition coefficient (Wildman–Crippen LogP) is 2.97. The molecule has 1 N–H and O–H groups in total. The predicted molar refractivity (Wildman–Crippen MR) is 92.2 cm³/mol. The number of anilines is 1. The number of rotatable bonds is 4. The maximum Gasteiger partial charge on any atom is 0.320 e. The van der Waals surface area contributed by atoms with Crippen molar-refractivity contribution in [3.05, 3.63) is 35.0 Å². The summed E-state index contributed by atoms with van der Waals surface area (Å²) >= 11 is 1.43. The van der Waals surface area contributed by atoms with Crippen molar-refractivity contribution in [3.8, 4) is 11.9 Å². The minimum absolute atomic E-state index is 0.0651. The van der Waals surface area contributed by atoms with Crippen LogP contribution < -0.4 is 14.8 Å². The number of carbonyl (C=O) groups excluding carboxylic acids is 1. The van der Waals surface area contributed by atoms with E-state index in [1.54, 1.807) is 0 Å². The zero-order valence-corrected chi connectivity index (χ0v) is 14.5. The summed E-state index contributed by atoms with van der Waals surface area (Å²) in [6.07, 6.45) is 0. The number of fused-ring (bicyclic) bond motifs is 1. The fraction of sp³-hybridized carbons (Fsp3) is 0.250. The normalized spacial score (nSPS) is 10.7. The lowest BCUT2D eigenvalue weighted by atomic mass is 10.1. The number of ether oxygens (including phenoxy) is 2. The van der Waals surface area contributed by atoms with Crippen LogP contribution in [0.15, 0.2) is 18.2 Å². The Morgan fingerprint density at radius 3 is 2.58 bits per heavy atom. The van der Waals surface area contributed by atoms with E-state index in [4.69, 9.17) is 9.47 Å². The van der Waals surface area contributed by atoms with E-state index in [1.807, 2.05) is 19.9 Å². The summed E-state index contributed by atoms with van der Waals surface area (Å²) in [6, 6.07) is 5.59. The number of carbonyl (C=O) groups is 1. The number of hydrogen-bond acceptors (Lipinski definition) is 7. The Kier molecular flexibility index (Phi) is 4.30. The van der Waals surface area contributed by atoms with Crippen molar-refractivity contribution in [2.75, 3.05) is 19.5 Å². The number of nitrogens with zero attached hydrogens (tertiary/aromatic N) is 3. The molecule has 0 atom stereocenters. The van der Waals surface area contributed by atoms with Crippen molar-refractivity contribution in [3.63, 3.8) is 0 Å². The SMILES string of the molecule is COc1cc(C(=O)Nc2nc3cc(C)cc(C)c3s2)nc(OC)n1. The number of nitrogens with one attached hydrogen (secondary N) is 1. The summed E-state index contributed by atoms with van der Waals surface area (Å²) in [6.45, 7) is 4.04. The second kappa shape index (κ2) is 6.40. The Morgan fingerprint density at radius 2 is 1.88 bits per heavy atom. The minimum atomic E-state index is -0.401. The largest absolute Gasteiger partial charge is 0.481 e. The first kappa shape index (κ1) is 16.1. The summed E-state index contributed by atoms with van der Waals surface area (Å²) < 4.78 is 11.1. The molecule has 1 aromatic carbocycles. The topological polar surface area (TPSA) is 86.2 Å². The molecule has 2 heterocycles. The number of hydrogen-bond donors (Lipinski definition) is 1. The van der Waals surface area contributed by atoms with Gasteiger partial charge in [-0.15, -0.1) is 0 Å². The molecule has 0 aliphatic carbocycles. The van der Waals surface area contributed by atoms with Crippen molar-refractivity contribution in [2.45, 2.75) is 13.8 Å². The van der Waals surface area contributed by atoms with Crippen molar-refractivity contribution >= 4 is 32.6 Å². The first-order chi connectivity index (χ1) is 11.5. The van der Waals surface area contributed by atoms with E-state index in [0.717, 1.165) is 21.3 Å². The van der Waals surface area contributed by atoms with E-state index < -0.39 is 5.91 Å². The van der Waals surface area contributed by atoms with Gasteiger partial charge < -0.3 is 9.47 Å². The Morgan fingerprint density at radius 1 is 1.08 bits per heavy atom. The molecule has 0 aliphatic rings. The van der Waals surface area contributed by atoms with Gasteiger partial charge in [-0.2, -0.15) is 9.97 Å². The molecule has 0 spiro atoms. The molecule has 3 rings (SSSR count). The fourth-order valence-electron chi connectivity index (χ4n) is 2.31. The highest BCUT2D eigenvalue weighted by Crippen LogP contribution is 2.30. The van der Waals surface area contributed by atoms with Crippen LogP contribution in [-0.2, 0) is 0 Å². The van der Waals surface area contributed by atoms with Gasteiger partial charge >= 0.3 is 6.01 Å². The van der Waals surface area contributed by atoms with E-state index in [9.17, 15) is 4.79 Å². The average molecular weight is 344 g/mol. The van der Waals surface area contributed by atoms with Crippen LogP contribution in [0.2, 0.25) is 0 Å². The van der Waals surface area contributed by atoms with Crippen LogP contribution in [0.5, 0.6) is 11.9 Å². The molecule has 0 fully saturated rings. The van der Waals surface area contributed by atoms with Gasteiger partial charge in [0.05, 0.1) is 24.4 Å². The Hall–Kier alpha value is -2.74. The van der Waals surface area contributed by atoms with Crippen LogP contribution >= 0.6 is 11.3 Å². The Labute approximate surface area is 142 Å². The first-order valence-corrected chi connectivity index (χ1v) is 7.98. The first-order valence-electron chi connectivity index (χ1n) is 7.16. The quantitative estimate of drug-likeness (QED) is 0.783. The van der Waals surface area contributed by atoms with Crippen molar-refractivity contribution in [1.82, 2.24) is 15.0 Å². The van der Waals surface area contributed by atoms with Gasteiger partial charge in [0.1, 0.15) is 5.69 Å². The number of aryl methyl sites for hydroxylation is 2. The zero-order valence-electron chi connectivity index (χ0n) is 13.7. The lowest BCUT2D eigenvalue weighted by Crippen LogP contribution is -2.14. The van der Waals surface area contributed by atoms with Gasteiger partial charge in [0, 0.05) is 6.07 Å². The smallest absolute Gasteiger partial charge is 0.320 e. The molecular weight excluding hydrogens is 328 g/mol. The zero-order chi connectivity index (χ0) is 17.3. The van der Waals surface area contributed by atoms with E-state index in [2.05, 4.69) is 26.3 Å². The monoisotopic (exact) mass is 344 g/mol. The van der Waals surface area contributed by atoms with Crippen LogP contribution in [-0.4, -0.2) is 35.1 Å². The number of aromatic nitrogens is 3. The van der Waals surface area contributed by atoms with Crippen LogP contribution in [0.1, 0.15) is 21.6 Å². The summed E-state index contributed by atoms with van der Waals surface area (Å²) in [5.74, 6) is -0.148. The molecule has 0 saturated heterocycles. The number of thiazole rings is 1. The van der Waals surface area contributed by atoms with E-state index in [1.165, 1.54) is 31.6 Å². The summed E-state index contributed by atoms with van der Waals surface area (Å²) in [4.78, 5) is 24.9. The molecule has 0 bridgehead atoms. The second-order valence-electron chi connectivity index (χ2n) is 5.19. The number of benzene rings is 1. The summed E-state index contributed by atoms with van der Waals surface area (Å²) in [7, 11) is 2.89. The van der Waals surface area contributed by atoms with Gasteiger partial charge in [-0.1, -0.05) is 17.4 Å². The second-order valence-corrected chi connectivity index (χ2v) is 6.18. The third kappa shape index (κ3) is 3.13. The molecular formula is C16H16N4O3S. The maximum absolute atomic E-state index is 12.4. The molecule has 8 heteroatoms. The Balaban J connectivity index is 1.91. The average Bonchev–Trinajstić information content (AvgIpc) is 2.96. The highest BCUT2D eigenvalue weighted by Gasteiger charge is 2.15. The molecule has 0 saturated carbocycles. The third-order valence-corrected chi connectivity index (χ3v) is 4.47. The van der Waals surface area contributed by atoms with Gasteiger partial charge in [0.2, 0.25) is 5.88 Å². The van der Waals surface area contributed by atoms with Crippen LogP contribution in [0.4, 0.5) is 5.13 Å². The van der Waals surface area contributed by atoms with E-state index >= 15 is 0 Å². The van der Waals surface area contributed by atoms with Crippen LogP contribution in [0, 0.1) is 13.8 Å². The molecule has 2 aromatic heterocycles. The lowest BCUT2D eigenvalue weighted by molar-refractivity contribution is 0.102. The molecule has 3 aromatic rings. The molecule has 124 valence electrons. The van der Waals surface area contributed by atoms with Gasteiger partial charge in [0.25, 0.3) is 5.91 Å². The molecule has 0 aliphatic heterocycles. The molecule has 24 heavy (non-hydrogen) atoms. The Bertz CT molecular complexity index is 901. The highest BCUT2D eigenvalue weighted by molar-refractivity contribution is 7.22. The number of methoxy groups -OCH3 is 2. The number of amides is 1. The van der Waals surface area contributed by atoms with E-state index in [-0.39, 0.29) is 17.6 Å². The highest BCUT2D eigenvalue weighted by atomic mass is 32.1. The molecule has 1 amide bonds. The van der Waals surface area contributed by atoms with Crippen LogP contribution in [0.25, 0.3) is 10.2 Å². The van der Waals surface area contributed by atoms with Gasteiger partial charge in [-0.05, 0) is 31.0 Å². The molecule has 7 nitrogen and oxygen atoms in total. The third-order valence-electron chi connectivity index (χ3n) is 3.35. The summed E-state index contributed by atoms with van der Waals surface area (Å²) in [5, 5.41) is 3.28. The van der Waals surface area contributed by atoms with Crippen LogP contribution in [0.3, 0.4) is 0 Å². The van der Waals surface area contributed by atoms with Gasteiger partial charge in [0.15, 0.2) is 5.13 Å². The van der Waals surface area contributed by atoms with Crippen molar-refractivity contribution in [1.29, 1.82) is 0 Å². The molecule has 0 radical (unpaired) electrons. The lowest BCUT2D eigenvalue weighted by Gasteiger charge is -2.05. The standard InChI is InChI=1S/C16H16N4O3S/c1-8-5-9(2)13-10(6-8)18-16(24-13)20-14(21)11-7-12(22-3)19-15(17-11)23-4/h5-7H,1-4H3,(H,18,20,21). The fourth-order valence-corrected chi connectivity index (χ4v) is 3.22. The van der Waals surface area contributed by atoms with Crippen molar-refractivity contribution < 1.29 is 14.3 Å². The van der Waals surface area contributed by atoms with Gasteiger partial charge in [-0.3, -0.25) is 10.1 Å². The summed E-state index contributed by atoms with van der Waals surface area (Å²) in [5.41, 5.74) is 3.28. The van der Waals surface area contributed by atoms with Gasteiger partial charge in [-0.25, -0.2) is 4.98 Å². The molecule has 0 unspecified atom stereocenters. The van der Waals surface area contributed by atoms with E-state index in [0.29, 0.717) is 5.13 Å².